The minimum absolute atomic E-state index is 0.227. The van der Waals surface area contributed by atoms with E-state index in [0.717, 1.165) is 11.4 Å². The third-order valence-corrected chi connectivity index (χ3v) is 3.43. The molecule has 0 saturated carbocycles. The largest absolute Gasteiger partial charge is 0.497 e. The SMILES string of the molecule is COc1cccc(NC(=S)NNC(=O)c2cccs2)c1. The molecular weight excluding hydrogens is 294 g/mol. The Morgan fingerprint density at radius 1 is 1.25 bits per heavy atom. The number of anilines is 1. The fourth-order valence-electron chi connectivity index (χ4n) is 1.45. The van der Waals surface area contributed by atoms with E-state index in [0.29, 0.717) is 9.99 Å². The number of hydrogen-bond donors (Lipinski definition) is 3. The predicted octanol–water partition coefficient (Wildman–Crippen LogP) is 2.39. The Morgan fingerprint density at radius 2 is 2.10 bits per heavy atom. The zero-order chi connectivity index (χ0) is 14.4. The van der Waals surface area contributed by atoms with Crippen LogP contribution in [0.1, 0.15) is 9.67 Å². The molecule has 1 aromatic heterocycles. The van der Waals surface area contributed by atoms with Gasteiger partial charge in [-0.1, -0.05) is 12.1 Å². The molecule has 104 valence electrons. The summed E-state index contributed by atoms with van der Waals surface area (Å²) in [5.41, 5.74) is 5.93. The molecule has 0 bridgehead atoms. The number of carbonyl (C=O) groups excluding carboxylic acids is 1. The molecule has 0 unspecified atom stereocenters. The van der Waals surface area contributed by atoms with E-state index in [4.69, 9.17) is 17.0 Å². The van der Waals surface area contributed by atoms with Crippen molar-refractivity contribution in [2.45, 2.75) is 0 Å². The van der Waals surface area contributed by atoms with Crippen LogP contribution in [0.15, 0.2) is 41.8 Å². The summed E-state index contributed by atoms with van der Waals surface area (Å²) in [5.74, 6) is 0.496. The van der Waals surface area contributed by atoms with Gasteiger partial charge < -0.3 is 10.1 Å². The van der Waals surface area contributed by atoms with Crippen molar-refractivity contribution in [3.8, 4) is 5.75 Å². The Bertz CT molecular complexity index is 599. The summed E-state index contributed by atoms with van der Waals surface area (Å²) >= 11 is 6.45. The number of hydrazine groups is 1. The summed E-state index contributed by atoms with van der Waals surface area (Å²) in [4.78, 5) is 12.3. The van der Waals surface area contributed by atoms with E-state index in [1.165, 1.54) is 11.3 Å². The number of benzene rings is 1. The minimum Gasteiger partial charge on any atom is -0.497 e. The van der Waals surface area contributed by atoms with Crippen LogP contribution in [0.25, 0.3) is 0 Å². The second-order valence-corrected chi connectivity index (χ2v) is 5.10. The third-order valence-electron chi connectivity index (χ3n) is 2.36. The molecular formula is C13H13N3O2S2. The molecule has 1 aromatic carbocycles. The Morgan fingerprint density at radius 3 is 2.80 bits per heavy atom. The van der Waals surface area contributed by atoms with E-state index in [1.807, 2.05) is 29.6 Å². The molecule has 5 nitrogen and oxygen atoms in total. The van der Waals surface area contributed by atoms with Crippen LogP contribution in [0.3, 0.4) is 0 Å². The van der Waals surface area contributed by atoms with Crippen molar-refractivity contribution in [3.63, 3.8) is 0 Å². The van der Waals surface area contributed by atoms with Gasteiger partial charge in [0.15, 0.2) is 5.11 Å². The van der Waals surface area contributed by atoms with Crippen LogP contribution >= 0.6 is 23.6 Å². The third kappa shape index (κ3) is 3.94. The topological polar surface area (TPSA) is 62.4 Å². The van der Waals surface area contributed by atoms with Crippen LogP contribution in [0.2, 0.25) is 0 Å². The summed E-state index contributed by atoms with van der Waals surface area (Å²) < 4.78 is 5.11. The van der Waals surface area contributed by atoms with Crippen molar-refractivity contribution in [1.29, 1.82) is 0 Å². The monoisotopic (exact) mass is 307 g/mol. The fourth-order valence-corrected chi connectivity index (χ4v) is 2.23. The maximum absolute atomic E-state index is 11.7. The van der Waals surface area contributed by atoms with E-state index in [-0.39, 0.29) is 5.91 Å². The van der Waals surface area contributed by atoms with Gasteiger partial charge in [-0.3, -0.25) is 15.6 Å². The van der Waals surface area contributed by atoms with E-state index in [2.05, 4.69) is 16.2 Å². The van der Waals surface area contributed by atoms with Crippen LogP contribution in [0.5, 0.6) is 5.75 Å². The van der Waals surface area contributed by atoms with Crippen LogP contribution in [-0.4, -0.2) is 18.1 Å². The van der Waals surface area contributed by atoms with Gasteiger partial charge in [-0.25, -0.2) is 0 Å². The van der Waals surface area contributed by atoms with Gasteiger partial charge in [-0.05, 0) is 35.8 Å². The molecule has 20 heavy (non-hydrogen) atoms. The molecule has 0 aliphatic heterocycles. The number of carbonyl (C=O) groups is 1. The number of amides is 1. The quantitative estimate of drug-likeness (QED) is 0.600. The van der Waals surface area contributed by atoms with Crippen molar-refractivity contribution >= 4 is 40.3 Å². The minimum atomic E-state index is -0.227. The number of thiophene rings is 1. The number of nitrogens with one attached hydrogen (secondary N) is 3. The molecule has 1 heterocycles. The standard InChI is InChI=1S/C13H13N3O2S2/c1-18-10-5-2-4-9(8-10)14-13(19)16-15-12(17)11-6-3-7-20-11/h2-8H,1H3,(H,15,17)(H2,14,16,19). The second-order valence-electron chi connectivity index (χ2n) is 3.74. The Kier molecular flexibility index (Phi) is 4.91. The highest BCUT2D eigenvalue weighted by atomic mass is 32.1. The van der Waals surface area contributed by atoms with Gasteiger partial charge >= 0.3 is 0 Å². The van der Waals surface area contributed by atoms with E-state index < -0.39 is 0 Å². The first-order valence-electron chi connectivity index (χ1n) is 5.74. The first-order valence-corrected chi connectivity index (χ1v) is 7.03. The summed E-state index contributed by atoms with van der Waals surface area (Å²) in [5, 5.41) is 5.08. The second kappa shape index (κ2) is 6.88. The molecule has 0 spiro atoms. The van der Waals surface area contributed by atoms with Crippen molar-refractivity contribution in [1.82, 2.24) is 10.9 Å². The molecule has 1 amide bonds. The summed E-state index contributed by atoms with van der Waals surface area (Å²) in [6.45, 7) is 0. The van der Waals surface area contributed by atoms with E-state index in [1.54, 1.807) is 19.2 Å². The molecule has 2 rings (SSSR count). The predicted molar refractivity (Wildman–Crippen MR) is 84.1 cm³/mol. The highest BCUT2D eigenvalue weighted by Crippen LogP contribution is 2.16. The maximum Gasteiger partial charge on any atom is 0.279 e. The lowest BCUT2D eigenvalue weighted by Gasteiger charge is -2.11. The molecule has 0 fully saturated rings. The van der Waals surface area contributed by atoms with E-state index >= 15 is 0 Å². The van der Waals surface area contributed by atoms with Gasteiger partial charge in [0.05, 0.1) is 12.0 Å². The van der Waals surface area contributed by atoms with Crippen LogP contribution in [0, 0.1) is 0 Å². The highest BCUT2D eigenvalue weighted by Gasteiger charge is 2.06. The number of methoxy groups -OCH3 is 1. The van der Waals surface area contributed by atoms with Crippen molar-refractivity contribution in [2.75, 3.05) is 12.4 Å². The number of thiocarbonyl (C=S) groups is 1. The number of hydrogen-bond acceptors (Lipinski definition) is 4. The summed E-state index contributed by atoms with van der Waals surface area (Å²) in [6.07, 6.45) is 0. The molecule has 0 radical (unpaired) electrons. The lowest BCUT2D eigenvalue weighted by molar-refractivity contribution is 0.0948. The van der Waals surface area contributed by atoms with Crippen LogP contribution < -0.4 is 20.9 Å². The normalized spacial score (nSPS) is 9.65. The van der Waals surface area contributed by atoms with Crippen LogP contribution in [-0.2, 0) is 0 Å². The van der Waals surface area contributed by atoms with Gasteiger partial charge in [0.1, 0.15) is 5.75 Å². The lowest BCUT2D eigenvalue weighted by atomic mass is 10.3. The smallest absolute Gasteiger partial charge is 0.279 e. The first-order chi connectivity index (χ1) is 9.69. The van der Waals surface area contributed by atoms with Gasteiger partial charge in [-0.2, -0.15) is 0 Å². The highest BCUT2D eigenvalue weighted by molar-refractivity contribution is 7.80. The summed E-state index contributed by atoms with van der Waals surface area (Å²) in [6, 6.07) is 10.9. The van der Waals surface area contributed by atoms with E-state index in [9.17, 15) is 4.79 Å². The average Bonchev–Trinajstić information content (AvgIpc) is 2.99. The molecule has 3 N–H and O–H groups in total. The zero-order valence-corrected chi connectivity index (χ0v) is 12.3. The molecule has 2 aromatic rings. The Balaban J connectivity index is 1.85. The van der Waals surface area contributed by atoms with Crippen LogP contribution in [0.4, 0.5) is 5.69 Å². The molecule has 0 aliphatic carbocycles. The molecule has 0 saturated heterocycles. The zero-order valence-electron chi connectivity index (χ0n) is 10.7. The van der Waals surface area contributed by atoms with Crippen molar-refractivity contribution in [2.24, 2.45) is 0 Å². The number of ether oxygens (including phenoxy) is 1. The van der Waals surface area contributed by atoms with Gasteiger partial charge in [0.2, 0.25) is 0 Å². The van der Waals surface area contributed by atoms with Crippen molar-refractivity contribution < 1.29 is 9.53 Å². The molecule has 7 heteroatoms. The lowest BCUT2D eigenvalue weighted by Crippen LogP contribution is -2.43. The van der Waals surface area contributed by atoms with Gasteiger partial charge in [0.25, 0.3) is 5.91 Å². The molecule has 0 aliphatic rings. The molecule has 0 atom stereocenters. The Labute approximate surface area is 125 Å². The first kappa shape index (κ1) is 14.3. The fraction of sp³-hybridized carbons (Fsp3) is 0.0769. The summed E-state index contributed by atoms with van der Waals surface area (Å²) in [7, 11) is 1.59. The Hall–Kier alpha value is -2.12. The van der Waals surface area contributed by atoms with Gasteiger partial charge in [-0.15, -0.1) is 11.3 Å². The maximum atomic E-state index is 11.7. The average molecular weight is 307 g/mol. The van der Waals surface area contributed by atoms with Crippen molar-refractivity contribution in [3.05, 3.63) is 46.7 Å². The number of rotatable bonds is 3. The van der Waals surface area contributed by atoms with Gasteiger partial charge in [0, 0.05) is 11.8 Å².